The zero-order valence-corrected chi connectivity index (χ0v) is 11.6. The third-order valence-corrected chi connectivity index (χ3v) is 3.55. The molecular weight excluding hydrogens is 240 g/mol. The van der Waals surface area contributed by atoms with Gasteiger partial charge >= 0.3 is 0 Å². The van der Waals surface area contributed by atoms with Gasteiger partial charge in [-0.15, -0.1) is 0 Å². The van der Waals surface area contributed by atoms with Crippen LogP contribution in [0, 0.1) is 12.8 Å². The van der Waals surface area contributed by atoms with Crippen LogP contribution in [-0.2, 0) is 0 Å². The summed E-state index contributed by atoms with van der Waals surface area (Å²) in [7, 11) is 2.02. The van der Waals surface area contributed by atoms with Crippen molar-refractivity contribution in [2.24, 2.45) is 11.7 Å². The average Bonchev–Trinajstić information content (AvgIpc) is 2.39. The molecule has 0 aromatic carbocycles. The van der Waals surface area contributed by atoms with Crippen LogP contribution in [0.1, 0.15) is 28.9 Å². The lowest BCUT2D eigenvalue weighted by Gasteiger charge is -2.28. The lowest BCUT2D eigenvalue weighted by molar-refractivity contribution is 0.1000. The Morgan fingerprint density at radius 1 is 1.58 bits per heavy atom. The number of hydrogen-bond donors (Lipinski definition) is 2. The Morgan fingerprint density at radius 3 is 3.00 bits per heavy atom. The summed E-state index contributed by atoms with van der Waals surface area (Å²) in [6.07, 6.45) is 2.47. The number of carbonyl (C=O) groups excluding carboxylic acids is 1. The smallest absolute Gasteiger partial charge is 0.248 e. The molecule has 5 heteroatoms. The number of amides is 1. The van der Waals surface area contributed by atoms with Gasteiger partial charge in [0.05, 0.1) is 0 Å². The second-order valence-corrected chi connectivity index (χ2v) is 5.31. The van der Waals surface area contributed by atoms with Crippen LogP contribution in [0.2, 0.25) is 0 Å². The molecule has 1 saturated heterocycles. The van der Waals surface area contributed by atoms with E-state index in [2.05, 4.69) is 15.2 Å². The molecule has 19 heavy (non-hydrogen) atoms. The topological polar surface area (TPSA) is 71.2 Å². The number of hydrogen-bond acceptors (Lipinski definition) is 4. The standard InChI is InChI=1S/C14H22N4O/c1-10-6-12(14(15)19)7-13(17-10)18(2)9-11-4-3-5-16-8-11/h6-7,11,16H,3-5,8-9H2,1-2H3,(H2,15,19). The van der Waals surface area contributed by atoms with E-state index < -0.39 is 5.91 Å². The average molecular weight is 262 g/mol. The van der Waals surface area contributed by atoms with Gasteiger partial charge in [-0.1, -0.05) is 0 Å². The van der Waals surface area contributed by atoms with Crippen molar-refractivity contribution in [3.63, 3.8) is 0 Å². The fraction of sp³-hybridized carbons (Fsp3) is 0.571. The summed E-state index contributed by atoms with van der Waals surface area (Å²) in [4.78, 5) is 17.9. The van der Waals surface area contributed by atoms with E-state index in [0.717, 1.165) is 31.1 Å². The Morgan fingerprint density at radius 2 is 2.37 bits per heavy atom. The number of aromatic nitrogens is 1. The maximum absolute atomic E-state index is 11.3. The van der Waals surface area contributed by atoms with E-state index in [0.29, 0.717) is 11.5 Å². The Kier molecular flexibility index (Phi) is 4.37. The van der Waals surface area contributed by atoms with E-state index in [1.807, 2.05) is 14.0 Å². The van der Waals surface area contributed by atoms with E-state index in [-0.39, 0.29) is 0 Å². The van der Waals surface area contributed by atoms with Gasteiger partial charge < -0.3 is 16.0 Å². The summed E-state index contributed by atoms with van der Waals surface area (Å²) in [5.41, 5.74) is 6.68. The molecule has 0 radical (unpaired) electrons. The number of rotatable bonds is 4. The van der Waals surface area contributed by atoms with E-state index in [9.17, 15) is 4.79 Å². The zero-order chi connectivity index (χ0) is 13.8. The van der Waals surface area contributed by atoms with Crippen molar-refractivity contribution >= 4 is 11.7 Å². The molecule has 1 aromatic heterocycles. The maximum Gasteiger partial charge on any atom is 0.248 e. The quantitative estimate of drug-likeness (QED) is 0.846. The molecule has 0 spiro atoms. The van der Waals surface area contributed by atoms with Gasteiger partial charge in [0.2, 0.25) is 5.91 Å². The summed E-state index contributed by atoms with van der Waals surface area (Å²) >= 11 is 0. The Labute approximate surface area is 114 Å². The van der Waals surface area contributed by atoms with Gasteiger partial charge in [-0.2, -0.15) is 0 Å². The van der Waals surface area contributed by atoms with Crippen molar-refractivity contribution in [1.82, 2.24) is 10.3 Å². The van der Waals surface area contributed by atoms with Crippen molar-refractivity contribution in [3.8, 4) is 0 Å². The van der Waals surface area contributed by atoms with Crippen LogP contribution >= 0.6 is 0 Å². The van der Waals surface area contributed by atoms with Crippen molar-refractivity contribution in [1.29, 1.82) is 0 Å². The van der Waals surface area contributed by atoms with Crippen molar-refractivity contribution in [3.05, 3.63) is 23.4 Å². The van der Waals surface area contributed by atoms with Gasteiger partial charge in [0, 0.05) is 24.8 Å². The molecule has 0 saturated carbocycles. The van der Waals surface area contributed by atoms with Crippen molar-refractivity contribution < 1.29 is 4.79 Å². The number of piperidine rings is 1. The molecule has 0 aliphatic carbocycles. The highest BCUT2D eigenvalue weighted by Gasteiger charge is 2.16. The minimum atomic E-state index is -0.403. The number of anilines is 1. The number of primary amides is 1. The first-order valence-corrected chi connectivity index (χ1v) is 6.76. The number of nitrogens with two attached hydrogens (primary N) is 1. The molecule has 1 amide bonds. The number of nitrogens with zero attached hydrogens (tertiary/aromatic N) is 2. The Balaban J connectivity index is 2.09. The molecule has 0 bridgehead atoms. The number of nitrogens with one attached hydrogen (secondary N) is 1. The van der Waals surface area contributed by atoms with E-state index in [4.69, 9.17) is 5.73 Å². The number of carbonyl (C=O) groups is 1. The molecule has 2 heterocycles. The predicted molar refractivity (Wildman–Crippen MR) is 76.4 cm³/mol. The van der Waals surface area contributed by atoms with Crippen LogP contribution in [-0.4, -0.2) is 37.6 Å². The van der Waals surface area contributed by atoms with Crippen LogP contribution in [0.25, 0.3) is 0 Å². The molecule has 5 nitrogen and oxygen atoms in total. The second-order valence-electron chi connectivity index (χ2n) is 5.31. The SMILES string of the molecule is Cc1cc(C(N)=O)cc(N(C)CC2CCCNC2)n1. The fourth-order valence-corrected chi connectivity index (χ4v) is 2.55. The summed E-state index contributed by atoms with van der Waals surface area (Å²) in [6.45, 7) is 5.00. The van der Waals surface area contributed by atoms with E-state index >= 15 is 0 Å². The highest BCUT2D eigenvalue weighted by molar-refractivity contribution is 5.93. The normalized spacial score (nSPS) is 19.2. The molecular formula is C14H22N4O. The monoisotopic (exact) mass is 262 g/mol. The molecule has 1 atom stereocenters. The largest absolute Gasteiger partial charge is 0.366 e. The van der Waals surface area contributed by atoms with Crippen LogP contribution < -0.4 is 16.0 Å². The molecule has 1 aromatic rings. The van der Waals surface area contributed by atoms with Crippen molar-refractivity contribution in [2.75, 3.05) is 31.6 Å². The fourth-order valence-electron chi connectivity index (χ4n) is 2.55. The predicted octanol–water partition coefficient (Wildman–Crippen LogP) is 0.925. The summed E-state index contributed by atoms with van der Waals surface area (Å²) in [5.74, 6) is 1.05. The molecule has 3 N–H and O–H groups in total. The van der Waals surface area contributed by atoms with Gasteiger partial charge in [-0.25, -0.2) is 4.98 Å². The summed E-state index contributed by atoms with van der Waals surface area (Å²) in [6, 6.07) is 3.49. The molecule has 1 aliphatic rings. The van der Waals surface area contributed by atoms with E-state index in [1.165, 1.54) is 12.8 Å². The van der Waals surface area contributed by atoms with Crippen LogP contribution in [0.4, 0.5) is 5.82 Å². The second kappa shape index (κ2) is 6.02. The molecule has 1 unspecified atom stereocenters. The lowest BCUT2D eigenvalue weighted by Crippen LogP contribution is -2.37. The highest BCUT2D eigenvalue weighted by Crippen LogP contribution is 2.17. The van der Waals surface area contributed by atoms with Crippen molar-refractivity contribution in [2.45, 2.75) is 19.8 Å². The Bertz CT molecular complexity index is 455. The third-order valence-electron chi connectivity index (χ3n) is 3.55. The highest BCUT2D eigenvalue weighted by atomic mass is 16.1. The molecule has 2 rings (SSSR count). The van der Waals surface area contributed by atoms with Gasteiger partial charge in [-0.3, -0.25) is 4.79 Å². The van der Waals surface area contributed by atoms with Gasteiger partial charge in [0.25, 0.3) is 0 Å². The lowest BCUT2D eigenvalue weighted by atomic mass is 9.99. The first-order valence-electron chi connectivity index (χ1n) is 6.76. The van der Waals surface area contributed by atoms with Crippen LogP contribution in [0.5, 0.6) is 0 Å². The summed E-state index contributed by atoms with van der Waals surface area (Å²) in [5, 5.41) is 3.41. The Hall–Kier alpha value is -1.62. The minimum absolute atomic E-state index is 0.403. The van der Waals surface area contributed by atoms with E-state index in [1.54, 1.807) is 12.1 Å². The van der Waals surface area contributed by atoms with Gasteiger partial charge in [0.1, 0.15) is 5.82 Å². The third kappa shape index (κ3) is 3.67. The molecule has 1 fully saturated rings. The molecule has 104 valence electrons. The number of pyridine rings is 1. The zero-order valence-electron chi connectivity index (χ0n) is 11.6. The molecule has 1 aliphatic heterocycles. The first kappa shape index (κ1) is 13.8. The first-order chi connectivity index (χ1) is 9.06. The number of aryl methyl sites for hydroxylation is 1. The van der Waals surface area contributed by atoms with Gasteiger partial charge in [0.15, 0.2) is 0 Å². The maximum atomic E-state index is 11.3. The summed E-state index contributed by atoms with van der Waals surface area (Å²) < 4.78 is 0. The van der Waals surface area contributed by atoms with Crippen LogP contribution in [0.15, 0.2) is 12.1 Å². The van der Waals surface area contributed by atoms with Gasteiger partial charge in [-0.05, 0) is 50.9 Å². The van der Waals surface area contributed by atoms with Crippen LogP contribution in [0.3, 0.4) is 0 Å². The minimum Gasteiger partial charge on any atom is -0.366 e.